The number of hydrogen-bond donors (Lipinski definition) is 4. The normalized spacial score (nSPS) is 14.9. The Balaban J connectivity index is 1.95. The molecule has 0 saturated carbocycles. The molecular formula is C29H40N6O9. The maximum absolute atomic E-state index is 13.0. The van der Waals surface area contributed by atoms with Crippen molar-refractivity contribution in [2.24, 2.45) is 5.16 Å². The maximum Gasteiger partial charge on any atom is 0.407 e. The molecule has 4 N–H and O–H groups in total. The van der Waals surface area contributed by atoms with Crippen LogP contribution in [-0.4, -0.2) is 87.3 Å². The van der Waals surface area contributed by atoms with Crippen LogP contribution in [0.4, 0.5) is 15.3 Å². The van der Waals surface area contributed by atoms with E-state index in [1.165, 1.54) is 0 Å². The van der Waals surface area contributed by atoms with Crippen LogP contribution in [0.2, 0.25) is 0 Å². The second-order valence-corrected chi connectivity index (χ2v) is 9.78. The Labute approximate surface area is 256 Å². The number of rotatable bonds is 17. The summed E-state index contributed by atoms with van der Waals surface area (Å²) in [5, 5.41) is 13.9. The molecule has 2 rings (SSSR count). The van der Waals surface area contributed by atoms with Crippen molar-refractivity contribution in [1.29, 1.82) is 0 Å². The van der Waals surface area contributed by atoms with Gasteiger partial charge >= 0.3 is 18.2 Å². The standard InChI is InChI=1S/C29H40N6O9/c1-5-7-13-42-28(39)33-23(26(37)32-18-24(27(38)41-4)34-29(40)43-14-8-6-2)17-31-25(36)16-21-15-22(35-44-21)19-9-11-20(30-3)12-10-19/h9-12,21,23-24H,5-8,13-18H2,1-2,4H3,(H,31,36)(H,32,37)(H,33,39)(H,34,40)/t21-,23+,24+/m1/s1. The first-order valence-electron chi connectivity index (χ1n) is 14.4. The first-order chi connectivity index (χ1) is 21.2. The summed E-state index contributed by atoms with van der Waals surface area (Å²) in [7, 11) is 1.13. The van der Waals surface area contributed by atoms with E-state index in [0.717, 1.165) is 25.5 Å². The molecule has 15 heteroatoms. The van der Waals surface area contributed by atoms with Crippen LogP contribution in [0.5, 0.6) is 0 Å². The van der Waals surface area contributed by atoms with Gasteiger partial charge in [0.25, 0.3) is 0 Å². The Morgan fingerprint density at radius 2 is 1.55 bits per heavy atom. The van der Waals surface area contributed by atoms with Crippen LogP contribution in [0.1, 0.15) is 57.9 Å². The monoisotopic (exact) mass is 616 g/mol. The summed E-state index contributed by atoms with van der Waals surface area (Å²) in [4.78, 5) is 71.0. The zero-order valence-corrected chi connectivity index (χ0v) is 25.2. The highest BCUT2D eigenvalue weighted by atomic mass is 16.6. The minimum atomic E-state index is -1.28. The Morgan fingerprint density at radius 3 is 2.11 bits per heavy atom. The molecule has 0 spiro atoms. The highest BCUT2D eigenvalue weighted by Crippen LogP contribution is 2.21. The van der Waals surface area contributed by atoms with E-state index < -0.39 is 48.2 Å². The number of hydrogen-bond acceptors (Lipinski definition) is 10. The number of nitrogens with one attached hydrogen (secondary N) is 4. The summed E-state index contributed by atoms with van der Waals surface area (Å²) in [6, 6.07) is 4.29. The summed E-state index contributed by atoms with van der Waals surface area (Å²) in [5.41, 5.74) is 1.90. The van der Waals surface area contributed by atoms with Gasteiger partial charge in [-0.15, -0.1) is 0 Å². The van der Waals surface area contributed by atoms with Crippen LogP contribution in [0.25, 0.3) is 4.85 Å². The molecule has 1 aromatic rings. The molecule has 1 aliphatic heterocycles. The SMILES string of the molecule is [C-]#[N+]c1ccc(C2=NO[C@@H](CC(=O)NC[C@H](NC(=O)OCCCC)C(=O)NC[C@H](NC(=O)OCCCC)C(=O)OC)C2)cc1. The second kappa shape index (κ2) is 19.3. The lowest BCUT2D eigenvalue weighted by Crippen LogP contribution is -2.56. The van der Waals surface area contributed by atoms with Gasteiger partial charge in [-0.05, 0) is 18.4 Å². The molecular weight excluding hydrogens is 576 g/mol. The number of oxime groups is 1. The van der Waals surface area contributed by atoms with Crippen LogP contribution in [0.15, 0.2) is 29.4 Å². The minimum absolute atomic E-state index is 0.0725. The lowest BCUT2D eigenvalue weighted by Gasteiger charge is -2.21. The number of nitrogens with zero attached hydrogens (tertiary/aromatic N) is 2. The van der Waals surface area contributed by atoms with Crippen molar-refractivity contribution < 1.29 is 43.0 Å². The summed E-state index contributed by atoms with van der Waals surface area (Å²) in [6.45, 7) is 10.5. The molecule has 1 heterocycles. The number of amides is 4. The van der Waals surface area contributed by atoms with Crippen LogP contribution in [0, 0.1) is 6.57 Å². The van der Waals surface area contributed by atoms with Crippen molar-refractivity contribution in [2.45, 2.75) is 70.6 Å². The first-order valence-corrected chi connectivity index (χ1v) is 14.4. The Morgan fingerprint density at radius 1 is 0.955 bits per heavy atom. The molecule has 4 amide bonds. The van der Waals surface area contributed by atoms with Gasteiger partial charge in [0, 0.05) is 19.5 Å². The van der Waals surface area contributed by atoms with Crippen molar-refractivity contribution in [3.8, 4) is 0 Å². The van der Waals surface area contributed by atoms with Gasteiger partial charge in [0.2, 0.25) is 11.8 Å². The van der Waals surface area contributed by atoms with Gasteiger partial charge in [0.05, 0.1) is 39.0 Å². The number of benzene rings is 1. The molecule has 1 aliphatic rings. The van der Waals surface area contributed by atoms with Crippen molar-refractivity contribution >= 4 is 41.4 Å². The van der Waals surface area contributed by atoms with Crippen molar-refractivity contribution in [3.63, 3.8) is 0 Å². The van der Waals surface area contributed by atoms with Crippen molar-refractivity contribution in [3.05, 3.63) is 41.2 Å². The smallest absolute Gasteiger partial charge is 0.407 e. The molecule has 0 unspecified atom stereocenters. The van der Waals surface area contributed by atoms with Gasteiger partial charge in [0.15, 0.2) is 5.69 Å². The zero-order chi connectivity index (χ0) is 32.3. The summed E-state index contributed by atoms with van der Waals surface area (Å²) in [5.74, 6) is -2.04. The van der Waals surface area contributed by atoms with Crippen molar-refractivity contribution in [2.75, 3.05) is 33.4 Å². The largest absolute Gasteiger partial charge is 0.467 e. The van der Waals surface area contributed by atoms with E-state index in [0.29, 0.717) is 30.7 Å². The van der Waals surface area contributed by atoms with Crippen LogP contribution >= 0.6 is 0 Å². The zero-order valence-electron chi connectivity index (χ0n) is 25.2. The average Bonchev–Trinajstić information content (AvgIpc) is 3.49. The third-order valence-electron chi connectivity index (χ3n) is 6.31. The fourth-order valence-electron chi connectivity index (χ4n) is 3.79. The number of ether oxygens (including phenoxy) is 3. The Kier molecular flexibility index (Phi) is 15.5. The van der Waals surface area contributed by atoms with Gasteiger partial charge in [-0.25, -0.2) is 19.2 Å². The molecule has 0 radical (unpaired) electrons. The minimum Gasteiger partial charge on any atom is -0.467 e. The maximum atomic E-state index is 13.0. The van der Waals surface area contributed by atoms with Gasteiger partial charge < -0.3 is 40.3 Å². The lowest BCUT2D eigenvalue weighted by molar-refractivity contribution is -0.143. The molecule has 0 aromatic heterocycles. The van der Waals surface area contributed by atoms with E-state index in [9.17, 15) is 24.0 Å². The van der Waals surface area contributed by atoms with Gasteiger partial charge in [-0.2, -0.15) is 0 Å². The second-order valence-electron chi connectivity index (χ2n) is 9.78. The molecule has 3 atom stereocenters. The number of alkyl carbamates (subject to hydrolysis) is 2. The van der Waals surface area contributed by atoms with Crippen LogP contribution in [-0.2, 0) is 33.4 Å². The predicted octanol–water partition coefficient (Wildman–Crippen LogP) is 2.32. The van der Waals surface area contributed by atoms with Crippen molar-refractivity contribution in [1.82, 2.24) is 21.3 Å². The number of esters is 1. The lowest BCUT2D eigenvalue weighted by atomic mass is 10.0. The predicted molar refractivity (Wildman–Crippen MR) is 158 cm³/mol. The number of carbonyl (C=O) groups is 5. The topological polar surface area (TPSA) is 187 Å². The third kappa shape index (κ3) is 12.6. The van der Waals surface area contributed by atoms with E-state index in [2.05, 4.69) is 31.3 Å². The number of carbonyl (C=O) groups excluding carboxylic acids is 5. The quantitative estimate of drug-likeness (QED) is 0.0882. The summed E-state index contributed by atoms with van der Waals surface area (Å²) in [6.07, 6.45) is 0.873. The third-order valence-corrected chi connectivity index (χ3v) is 6.31. The van der Waals surface area contributed by atoms with E-state index in [1.807, 2.05) is 13.8 Å². The van der Waals surface area contributed by atoms with Gasteiger partial charge in [0.1, 0.15) is 18.2 Å². The summed E-state index contributed by atoms with van der Waals surface area (Å²) < 4.78 is 14.8. The molecule has 15 nitrogen and oxygen atoms in total. The van der Waals surface area contributed by atoms with E-state index >= 15 is 0 Å². The highest BCUT2D eigenvalue weighted by molar-refractivity contribution is 6.01. The van der Waals surface area contributed by atoms with Crippen LogP contribution in [0.3, 0.4) is 0 Å². The van der Waals surface area contributed by atoms with Crippen LogP contribution < -0.4 is 21.3 Å². The fourth-order valence-corrected chi connectivity index (χ4v) is 3.79. The van der Waals surface area contributed by atoms with E-state index in [-0.39, 0.29) is 32.7 Å². The molecule has 0 fully saturated rings. The molecule has 1 aromatic carbocycles. The molecule has 0 bridgehead atoms. The first kappa shape index (κ1) is 35.3. The van der Waals surface area contributed by atoms with E-state index in [4.69, 9.17) is 25.6 Å². The average molecular weight is 617 g/mol. The number of methoxy groups -OCH3 is 1. The molecule has 0 saturated heterocycles. The Bertz CT molecular complexity index is 1200. The van der Waals surface area contributed by atoms with Gasteiger partial charge in [-0.1, -0.05) is 56.1 Å². The fraction of sp³-hybridized carbons (Fsp3) is 0.552. The highest BCUT2D eigenvalue weighted by Gasteiger charge is 2.29. The van der Waals surface area contributed by atoms with E-state index in [1.54, 1.807) is 24.3 Å². The molecule has 240 valence electrons. The van der Waals surface area contributed by atoms with Gasteiger partial charge in [-0.3, -0.25) is 9.59 Å². The summed E-state index contributed by atoms with van der Waals surface area (Å²) >= 11 is 0. The molecule has 44 heavy (non-hydrogen) atoms. The molecule has 0 aliphatic carbocycles. The number of unbranched alkanes of at least 4 members (excludes halogenated alkanes) is 2. The Hall–Kier alpha value is -4.87.